The number of anilines is 1. The highest BCUT2D eigenvalue weighted by atomic mass is 32.1. The van der Waals surface area contributed by atoms with Crippen LogP contribution in [0.5, 0.6) is 0 Å². The summed E-state index contributed by atoms with van der Waals surface area (Å²) < 4.78 is 4.41. The van der Waals surface area contributed by atoms with Gasteiger partial charge in [0.25, 0.3) is 5.91 Å². The molecule has 1 fully saturated rings. The van der Waals surface area contributed by atoms with Crippen LogP contribution in [0.1, 0.15) is 42.3 Å². The Morgan fingerprint density at radius 1 is 1.25 bits per heavy atom. The predicted octanol–water partition coefficient (Wildman–Crippen LogP) is 3.18. The van der Waals surface area contributed by atoms with Crippen LogP contribution in [0.15, 0.2) is 24.4 Å². The summed E-state index contributed by atoms with van der Waals surface area (Å²) in [6.45, 7) is 3.30. The Morgan fingerprint density at radius 3 is 2.71 bits per heavy atom. The third-order valence-corrected chi connectivity index (χ3v) is 4.86. The lowest BCUT2D eigenvalue weighted by Gasteiger charge is -2.26. The van der Waals surface area contributed by atoms with Crippen molar-refractivity contribution < 1.29 is 9.59 Å². The zero-order valence-corrected chi connectivity index (χ0v) is 14.4. The van der Waals surface area contributed by atoms with Crippen molar-refractivity contribution in [3.8, 4) is 11.4 Å². The Balaban J connectivity index is 1.97. The van der Waals surface area contributed by atoms with Crippen molar-refractivity contribution in [3.63, 3.8) is 0 Å². The van der Waals surface area contributed by atoms with E-state index in [2.05, 4.69) is 14.7 Å². The van der Waals surface area contributed by atoms with E-state index in [1.807, 2.05) is 23.1 Å². The Hall–Kier alpha value is -2.28. The van der Waals surface area contributed by atoms with Gasteiger partial charge in [-0.2, -0.15) is 4.37 Å². The summed E-state index contributed by atoms with van der Waals surface area (Å²) in [6.07, 6.45) is 5.22. The van der Waals surface area contributed by atoms with Crippen molar-refractivity contribution in [2.75, 3.05) is 18.4 Å². The van der Waals surface area contributed by atoms with Gasteiger partial charge >= 0.3 is 0 Å². The van der Waals surface area contributed by atoms with Crippen molar-refractivity contribution in [1.29, 1.82) is 0 Å². The number of amides is 2. The van der Waals surface area contributed by atoms with Gasteiger partial charge in [-0.15, -0.1) is 0 Å². The van der Waals surface area contributed by atoms with Crippen molar-refractivity contribution >= 4 is 29.0 Å². The number of hydrogen-bond acceptors (Lipinski definition) is 5. The molecular formula is C17H20N4O2S. The van der Waals surface area contributed by atoms with E-state index in [-0.39, 0.29) is 11.8 Å². The molecule has 7 heteroatoms. The van der Waals surface area contributed by atoms with Gasteiger partial charge in [0.2, 0.25) is 5.91 Å². The average molecular weight is 344 g/mol. The number of piperidine rings is 1. The number of carbonyl (C=O) groups is 2. The topological polar surface area (TPSA) is 75.2 Å². The number of rotatable bonds is 4. The van der Waals surface area contributed by atoms with Gasteiger partial charge in [0.15, 0.2) is 0 Å². The molecule has 1 saturated heterocycles. The van der Waals surface area contributed by atoms with Crippen molar-refractivity contribution in [2.45, 2.75) is 32.6 Å². The van der Waals surface area contributed by atoms with Crippen LogP contribution in [0, 0.1) is 0 Å². The largest absolute Gasteiger partial charge is 0.338 e. The van der Waals surface area contributed by atoms with Crippen molar-refractivity contribution in [2.24, 2.45) is 0 Å². The molecule has 0 spiro atoms. The van der Waals surface area contributed by atoms with E-state index in [9.17, 15) is 9.59 Å². The van der Waals surface area contributed by atoms with E-state index < -0.39 is 0 Å². The van der Waals surface area contributed by atoms with Crippen molar-refractivity contribution in [3.05, 3.63) is 29.3 Å². The molecule has 6 nitrogen and oxygen atoms in total. The Kier molecular flexibility index (Phi) is 5.20. The molecule has 2 aromatic heterocycles. The van der Waals surface area contributed by atoms with E-state index >= 15 is 0 Å². The summed E-state index contributed by atoms with van der Waals surface area (Å²) in [5.74, 6) is -0.194. The third-order valence-electron chi connectivity index (χ3n) is 4.02. The minimum Gasteiger partial charge on any atom is -0.338 e. The minimum absolute atomic E-state index is 0.0548. The Bertz CT molecular complexity index is 723. The number of nitrogens with zero attached hydrogens (tertiary/aromatic N) is 3. The molecule has 126 valence electrons. The maximum atomic E-state index is 12.9. The quantitative estimate of drug-likeness (QED) is 0.924. The highest BCUT2D eigenvalue weighted by Crippen LogP contribution is 2.33. The van der Waals surface area contributed by atoms with Gasteiger partial charge in [0.05, 0.1) is 11.4 Å². The Labute approximate surface area is 145 Å². The molecule has 0 unspecified atom stereocenters. The van der Waals surface area contributed by atoms with Crippen LogP contribution in [0.2, 0.25) is 0 Å². The zero-order chi connectivity index (χ0) is 16.9. The fourth-order valence-electron chi connectivity index (χ4n) is 2.70. The molecule has 0 radical (unpaired) electrons. The fourth-order valence-corrected chi connectivity index (χ4v) is 3.51. The van der Waals surface area contributed by atoms with Crippen LogP contribution in [0.25, 0.3) is 11.4 Å². The first-order valence-corrected chi connectivity index (χ1v) is 8.98. The third kappa shape index (κ3) is 3.46. The SMILES string of the molecule is CCC(=O)Nc1c(-c2ccccn2)nsc1C(=O)N1CCCCC1. The standard InChI is InChI=1S/C17H20N4O2S/c1-2-13(22)19-15-14(12-8-4-5-9-18-12)20-24-16(15)17(23)21-10-6-3-7-11-21/h4-5,8-9H,2-3,6-7,10-11H2,1H3,(H,19,22). The van der Waals surface area contributed by atoms with Crippen LogP contribution in [-0.4, -0.2) is 39.2 Å². The van der Waals surface area contributed by atoms with E-state index in [0.29, 0.717) is 28.4 Å². The lowest BCUT2D eigenvalue weighted by atomic mass is 10.1. The number of nitrogens with one attached hydrogen (secondary N) is 1. The molecule has 24 heavy (non-hydrogen) atoms. The number of carbonyl (C=O) groups excluding carboxylic acids is 2. The van der Waals surface area contributed by atoms with Crippen LogP contribution >= 0.6 is 11.5 Å². The van der Waals surface area contributed by atoms with Gasteiger partial charge < -0.3 is 10.2 Å². The molecule has 0 aromatic carbocycles. The molecule has 2 aromatic rings. The van der Waals surface area contributed by atoms with Gasteiger partial charge in [0.1, 0.15) is 10.6 Å². The second kappa shape index (κ2) is 7.53. The smallest absolute Gasteiger partial charge is 0.267 e. The average Bonchev–Trinajstić information content (AvgIpc) is 3.05. The molecule has 3 rings (SSSR count). The maximum Gasteiger partial charge on any atom is 0.267 e. The first kappa shape index (κ1) is 16.6. The number of likely N-dealkylation sites (tertiary alicyclic amines) is 1. The molecular weight excluding hydrogens is 324 g/mol. The van der Waals surface area contributed by atoms with Crippen molar-refractivity contribution in [1.82, 2.24) is 14.3 Å². The molecule has 0 bridgehead atoms. The van der Waals surface area contributed by atoms with Gasteiger partial charge in [-0.3, -0.25) is 14.6 Å². The lowest BCUT2D eigenvalue weighted by Crippen LogP contribution is -2.35. The zero-order valence-electron chi connectivity index (χ0n) is 13.6. The summed E-state index contributed by atoms with van der Waals surface area (Å²) in [5, 5.41) is 2.85. The summed E-state index contributed by atoms with van der Waals surface area (Å²) in [7, 11) is 0. The molecule has 0 atom stereocenters. The summed E-state index contributed by atoms with van der Waals surface area (Å²) in [4.78, 5) is 31.4. The summed E-state index contributed by atoms with van der Waals surface area (Å²) in [5.41, 5.74) is 1.70. The highest BCUT2D eigenvalue weighted by Gasteiger charge is 2.27. The number of aromatic nitrogens is 2. The molecule has 1 aliphatic heterocycles. The van der Waals surface area contributed by atoms with Gasteiger partial charge in [-0.25, -0.2) is 0 Å². The van der Waals surface area contributed by atoms with Crippen LogP contribution in [-0.2, 0) is 4.79 Å². The predicted molar refractivity (Wildman–Crippen MR) is 94.0 cm³/mol. The fraction of sp³-hybridized carbons (Fsp3) is 0.412. The minimum atomic E-state index is -0.139. The highest BCUT2D eigenvalue weighted by molar-refractivity contribution is 7.09. The molecule has 0 saturated carbocycles. The monoisotopic (exact) mass is 344 g/mol. The number of pyridine rings is 1. The van der Waals surface area contributed by atoms with Gasteiger partial charge in [-0.05, 0) is 42.9 Å². The van der Waals surface area contributed by atoms with E-state index in [0.717, 1.165) is 43.9 Å². The molecule has 1 N–H and O–H groups in total. The molecule has 0 aliphatic carbocycles. The lowest BCUT2D eigenvalue weighted by molar-refractivity contribution is -0.115. The van der Waals surface area contributed by atoms with E-state index in [1.165, 1.54) is 0 Å². The number of hydrogen-bond donors (Lipinski definition) is 1. The molecule has 1 aliphatic rings. The Morgan fingerprint density at radius 2 is 2.04 bits per heavy atom. The normalized spacial score (nSPS) is 14.5. The second-order valence-electron chi connectivity index (χ2n) is 5.70. The summed E-state index contributed by atoms with van der Waals surface area (Å²) in [6, 6.07) is 5.50. The summed E-state index contributed by atoms with van der Waals surface area (Å²) >= 11 is 1.13. The van der Waals surface area contributed by atoms with Gasteiger partial charge in [-0.1, -0.05) is 13.0 Å². The van der Waals surface area contributed by atoms with Crippen LogP contribution in [0.4, 0.5) is 5.69 Å². The first-order chi connectivity index (χ1) is 11.7. The van der Waals surface area contributed by atoms with Crippen LogP contribution in [0.3, 0.4) is 0 Å². The first-order valence-electron chi connectivity index (χ1n) is 8.21. The maximum absolute atomic E-state index is 12.9. The van der Waals surface area contributed by atoms with E-state index in [4.69, 9.17) is 0 Å². The molecule has 3 heterocycles. The van der Waals surface area contributed by atoms with E-state index in [1.54, 1.807) is 13.1 Å². The molecule has 2 amide bonds. The van der Waals surface area contributed by atoms with Gasteiger partial charge in [0, 0.05) is 25.7 Å². The van der Waals surface area contributed by atoms with Crippen LogP contribution < -0.4 is 5.32 Å². The second-order valence-corrected chi connectivity index (χ2v) is 6.48.